The van der Waals surface area contributed by atoms with Gasteiger partial charge in [-0.25, -0.2) is 4.79 Å². The van der Waals surface area contributed by atoms with E-state index in [0.29, 0.717) is 11.1 Å². The second kappa shape index (κ2) is 7.62. The average Bonchev–Trinajstić information content (AvgIpc) is 2.81. The summed E-state index contributed by atoms with van der Waals surface area (Å²) in [6.45, 7) is 3.25. The van der Waals surface area contributed by atoms with E-state index in [1.165, 1.54) is 4.57 Å². The molecule has 0 spiro atoms. The zero-order valence-corrected chi connectivity index (χ0v) is 13.2. The highest BCUT2D eigenvalue weighted by molar-refractivity contribution is 5.81. The predicted octanol–water partition coefficient (Wildman–Crippen LogP) is 1.44. The zero-order valence-electron chi connectivity index (χ0n) is 13.2. The number of nitrogens with zero attached hydrogens (tertiary/aromatic N) is 1. The summed E-state index contributed by atoms with van der Waals surface area (Å²) in [5.74, 6) is -1.66. The first kappa shape index (κ1) is 16.8. The van der Waals surface area contributed by atoms with E-state index in [9.17, 15) is 14.4 Å². The Morgan fingerprint density at radius 1 is 1.35 bits per heavy atom. The van der Waals surface area contributed by atoms with Crippen molar-refractivity contribution in [3.05, 3.63) is 34.8 Å². The third-order valence-corrected chi connectivity index (χ3v) is 3.35. The van der Waals surface area contributed by atoms with Gasteiger partial charge >= 0.3 is 11.7 Å². The molecule has 0 bridgehead atoms. The van der Waals surface area contributed by atoms with Crippen LogP contribution in [0.1, 0.15) is 26.7 Å². The van der Waals surface area contributed by atoms with Crippen molar-refractivity contribution in [1.82, 2.24) is 9.88 Å². The molecule has 1 amide bonds. The number of oxazole rings is 1. The number of rotatable bonds is 7. The molecule has 7 heteroatoms. The Balaban J connectivity index is 1.91. The number of carbonyl (C=O) groups is 2. The monoisotopic (exact) mass is 320 g/mol. The van der Waals surface area contributed by atoms with Crippen molar-refractivity contribution in [3.8, 4) is 0 Å². The van der Waals surface area contributed by atoms with Gasteiger partial charge in [0.15, 0.2) is 12.2 Å². The summed E-state index contributed by atoms with van der Waals surface area (Å²) in [6, 6.07) is 6.82. The number of fused-ring (bicyclic) bond motifs is 1. The van der Waals surface area contributed by atoms with Gasteiger partial charge < -0.3 is 14.5 Å². The summed E-state index contributed by atoms with van der Waals surface area (Å²) in [6.07, 6.45) is 1.81. The number of hydrogen-bond donors (Lipinski definition) is 1. The Morgan fingerprint density at radius 2 is 2.09 bits per heavy atom. The number of esters is 1. The van der Waals surface area contributed by atoms with E-state index in [-0.39, 0.29) is 25.1 Å². The maximum absolute atomic E-state index is 11.8. The van der Waals surface area contributed by atoms with Crippen molar-refractivity contribution >= 4 is 23.0 Å². The van der Waals surface area contributed by atoms with Gasteiger partial charge in [-0.3, -0.25) is 14.2 Å². The number of amides is 1. The van der Waals surface area contributed by atoms with Gasteiger partial charge in [-0.2, -0.15) is 0 Å². The highest BCUT2D eigenvalue weighted by atomic mass is 16.5. The van der Waals surface area contributed by atoms with Gasteiger partial charge in [-0.1, -0.05) is 25.5 Å². The zero-order chi connectivity index (χ0) is 16.8. The molecule has 1 aromatic carbocycles. The molecule has 1 heterocycles. The first-order valence-corrected chi connectivity index (χ1v) is 7.54. The SMILES string of the molecule is CCC[C@@H](C)NC(=O)COC(=O)Cn1c(=O)oc2ccccc21. The molecule has 0 aliphatic carbocycles. The van der Waals surface area contributed by atoms with E-state index in [1.807, 2.05) is 13.8 Å². The van der Waals surface area contributed by atoms with Crippen LogP contribution < -0.4 is 11.1 Å². The van der Waals surface area contributed by atoms with Gasteiger partial charge in [0.05, 0.1) is 5.52 Å². The predicted molar refractivity (Wildman–Crippen MR) is 83.9 cm³/mol. The topological polar surface area (TPSA) is 90.5 Å². The van der Waals surface area contributed by atoms with Crippen LogP contribution >= 0.6 is 0 Å². The van der Waals surface area contributed by atoms with Gasteiger partial charge in [-0.15, -0.1) is 0 Å². The Bertz CT molecular complexity index is 746. The number of ether oxygens (including phenoxy) is 1. The van der Waals surface area contributed by atoms with Crippen LogP contribution in [0.5, 0.6) is 0 Å². The fourth-order valence-electron chi connectivity index (χ4n) is 2.31. The van der Waals surface area contributed by atoms with Crippen LogP contribution in [-0.4, -0.2) is 29.1 Å². The first-order valence-electron chi connectivity index (χ1n) is 7.54. The van der Waals surface area contributed by atoms with E-state index in [2.05, 4.69) is 5.32 Å². The number of aromatic nitrogens is 1. The number of nitrogens with one attached hydrogen (secondary N) is 1. The molecule has 1 N–H and O–H groups in total. The van der Waals surface area contributed by atoms with Gasteiger partial charge in [0, 0.05) is 6.04 Å². The van der Waals surface area contributed by atoms with E-state index in [0.717, 1.165) is 12.8 Å². The average molecular weight is 320 g/mol. The number of para-hydroxylation sites is 2. The van der Waals surface area contributed by atoms with Crippen molar-refractivity contribution < 1.29 is 18.7 Å². The van der Waals surface area contributed by atoms with Crippen LogP contribution in [0, 0.1) is 0 Å². The standard InChI is InChI=1S/C16H20N2O5/c1-3-6-11(2)17-14(19)10-22-15(20)9-18-12-7-4-5-8-13(12)23-16(18)21/h4-5,7-8,11H,3,6,9-10H2,1-2H3,(H,17,19)/t11-/m1/s1. The quantitative estimate of drug-likeness (QED) is 0.780. The third-order valence-electron chi connectivity index (χ3n) is 3.35. The lowest BCUT2D eigenvalue weighted by molar-refractivity contribution is -0.149. The fraction of sp³-hybridized carbons (Fsp3) is 0.438. The van der Waals surface area contributed by atoms with E-state index >= 15 is 0 Å². The van der Waals surface area contributed by atoms with E-state index < -0.39 is 11.7 Å². The number of benzene rings is 1. The van der Waals surface area contributed by atoms with Crippen LogP contribution in [-0.2, 0) is 20.9 Å². The summed E-state index contributed by atoms with van der Waals surface area (Å²) >= 11 is 0. The Hall–Kier alpha value is -2.57. The highest BCUT2D eigenvalue weighted by Crippen LogP contribution is 2.11. The Labute approximate surface area is 133 Å². The molecular formula is C16H20N2O5. The van der Waals surface area contributed by atoms with Crippen LogP contribution in [0.4, 0.5) is 0 Å². The van der Waals surface area contributed by atoms with Crippen molar-refractivity contribution in [3.63, 3.8) is 0 Å². The minimum atomic E-state index is -0.669. The minimum absolute atomic E-state index is 0.0339. The fourth-order valence-corrected chi connectivity index (χ4v) is 2.31. The van der Waals surface area contributed by atoms with Crippen LogP contribution in [0.3, 0.4) is 0 Å². The maximum atomic E-state index is 11.8. The molecule has 2 rings (SSSR count). The van der Waals surface area contributed by atoms with Crippen LogP contribution in [0.25, 0.3) is 11.1 Å². The lowest BCUT2D eigenvalue weighted by Crippen LogP contribution is -2.36. The lowest BCUT2D eigenvalue weighted by Gasteiger charge is -2.12. The normalized spacial score (nSPS) is 12.1. The molecule has 0 fully saturated rings. The molecule has 7 nitrogen and oxygen atoms in total. The second-order valence-corrected chi connectivity index (χ2v) is 5.34. The highest BCUT2D eigenvalue weighted by Gasteiger charge is 2.15. The molecule has 1 aromatic heterocycles. The van der Waals surface area contributed by atoms with E-state index in [1.54, 1.807) is 24.3 Å². The summed E-state index contributed by atoms with van der Waals surface area (Å²) in [5, 5.41) is 2.73. The summed E-state index contributed by atoms with van der Waals surface area (Å²) in [5.41, 5.74) is 0.909. The number of hydrogen-bond acceptors (Lipinski definition) is 5. The van der Waals surface area contributed by atoms with Gasteiger partial charge in [0.2, 0.25) is 0 Å². The third kappa shape index (κ3) is 4.45. The van der Waals surface area contributed by atoms with Crippen molar-refractivity contribution in [2.24, 2.45) is 0 Å². The summed E-state index contributed by atoms with van der Waals surface area (Å²) in [4.78, 5) is 35.2. The molecule has 0 radical (unpaired) electrons. The maximum Gasteiger partial charge on any atom is 0.420 e. The first-order chi connectivity index (χ1) is 11.0. The van der Waals surface area contributed by atoms with Crippen molar-refractivity contribution in [2.75, 3.05) is 6.61 Å². The molecule has 23 heavy (non-hydrogen) atoms. The summed E-state index contributed by atoms with van der Waals surface area (Å²) in [7, 11) is 0. The molecule has 124 valence electrons. The minimum Gasteiger partial charge on any atom is -0.454 e. The van der Waals surface area contributed by atoms with Crippen LogP contribution in [0.2, 0.25) is 0 Å². The largest absolute Gasteiger partial charge is 0.454 e. The Morgan fingerprint density at radius 3 is 2.83 bits per heavy atom. The van der Waals surface area contributed by atoms with E-state index in [4.69, 9.17) is 9.15 Å². The molecule has 0 aliphatic rings. The molecule has 0 unspecified atom stereocenters. The smallest absolute Gasteiger partial charge is 0.420 e. The van der Waals surface area contributed by atoms with Gasteiger partial charge in [0.25, 0.3) is 5.91 Å². The van der Waals surface area contributed by atoms with Crippen molar-refractivity contribution in [2.45, 2.75) is 39.3 Å². The Kier molecular flexibility index (Phi) is 5.56. The molecule has 2 aromatic rings. The second-order valence-electron chi connectivity index (χ2n) is 5.34. The molecule has 0 saturated carbocycles. The molecule has 0 saturated heterocycles. The molecule has 1 atom stereocenters. The summed E-state index contributed by atoms with van der Waals surface area (Å²) < 4.78 is 11.1. The molecular weight excluding hydrogens is 300 g/mol. The number of carbonyl (C=O) groups excluding carboxylic acids is 2. The van der Waals surface area contributed by atoms with Gasteiger partial charge in [-0.05, 0) is 25.5 Å². The van der Waals surface area contributed by atoms with Gasteiger partial charge in [0.1, 0.15) is 6.54 Å². The lowest BCUT2D eigenvalue weighted by atomic mass is 10.2. The van der Waals surface area contributed by atoms with Crippen LogP contribution in [0.15, 0.2) is 33.5 Å². The molecule has 0 aliphatic heterocycles. The van der Waals surface area contributed by atoms with Crippen molar-refractivity contribution in [1.29, 1.82) is 0 Å².